The fraction of sp³-hybridized carbons (Fsp3) is 0.350. The first kappa shape index (κ1) is 22.0. The van der Waals surface area contributed by atoms with Gasteiger partial charge >= 0.3 is 0 Å². The smallest absolute Gasteiger partial charge is 0.224 e. The van der Waals surface area contributed by atoms with Crippen molar-refractivity contribution in [1.82, 2.24) is 9.62 Å². The molecule has 1 atom stereocenters. The minimum atomic E-state index is -3.70. The van der Waals surface area contributed by atoms with Crippen molar-refractivity contribution in [1.29, 1.82) is 0 Å². The number of halogens is 3. The van der Waals surface area contributed by atoms with Crippen LogP contribution in [0.25, 0.3) is 0 Å². The summed E-state index contributed by atoms with van der Waals surface area (Å²) in [5.41, 5.74) is 0.733. The van der Waals surface area contributed by atoms with Crippen molar-refractivity contribution in [2.75, 3.05) is 13.1 Å². The van der Waals surface area contributed by atoms with Gasteiger partial charge in [0.05, 0.1) is 11.7 Å². The van der Waals surface area contributed by atoms with E-state index in [4.69, 9.17) is 23.2 Å². The summed E-state index contributed by atoms with van der Waals surface area (Å²) in [5, 5.41) is 3.29. The molecule has 0 spiro atoms. The average molecular weight is 459 g/mol. The van der Waals surface area contributed by atoms with Crippen LogP contribution in [-0.4, -0.2) is 31.7 Å². The first-order valence-electron chi connectivity index (χ1n) is 9.20. The van der Waals surface area contributed by atoms with Gasteiger partial charge in [-0.1, -0.05) is 47.5 Å². The molecule has 1 aliphatic heterocycles. The molecule has 1 saturated heterocycles. The second-order valence-corrected chi connectivity index (χ2v) is 9.75. The number of amides is 1. The number of nitrogens with zero attached hydrogens (tertiary/aromatic N) is 1. The molecule has 2 aromatic carbocycles. The minimum Gasteiger partial charge on any atom is -0.352 e. The Labute approximate surface area is 179 Å². The van der Waals surface area contributed by atoms with E-state index in [1.54, 1.807) is 36.4 Å². The molecular formula is C20H21Cl2FN2O3S. The fourth-order valence-corrected chi connectivity index (χ4v) is 5.68. The van der Waals surface area contributed by atoms with E-state index in [0.29, 0.717) is 30.5 Å². The third-order valence-electron chi connectivity index (χ3n) is 4.95. The third kappa shape index (κ3) is 5.48. The van der Waals surface area contributed by atoms with E-state index >= 15 is 0 Å². The summed E-state index contributed by atoms with van der Waals surface area (Å²) in [5.74, 6) is -1.50. The van der Waals surface area contributed by atoms with Gasteiger partial charge in [-0.25, -0.2) is 17.1 Å². The topological polar surface area (TPSA) is 66.5 Å². The highest BCUT2D eigenvalue weighted by Gasteiger charge is 2.33. The van der Waals surface area contributed by atoms with Crippen molar-refractivity contribution >= 4 is 39.1 Å². The van der Waals surface area contributed by atoms with Gasteiger partial charge in [0.2, 0.25) is 15.9 Å². The Morgan fingerprint density at radius 3 is 2.52 bits per heavy atom. The Hall–Kier alpha value is -1.67. The summed E-state index contributed by atoms with van der Waals surface area (Å²) in [7, 11) is -3.70. The molecule has 5 nitrogen and oxygen atoms in total. The monoisotopic (exact) mass is 458 g/mol. The van der Waals surface area contributed by atoms with Crippen molar-refractivity contribution in [2.45, 2.75) is 25.1 Å². The number of hydrogen-bond donors (Lipinski definition) is 1. The molecule has 1 N–H and O–H groups in total. The van der Waals surface area contributed by atoms with Gasteiger partial charge in [0, 0.05) is 40.8 Å². The van der Waals surface area contributed by atoms with Crippen LogP contribution in [-0.2, 0) is 27.1 Å². The van der Waals surface area contributed by atoms with Crippen LogP contribution in [0.1, 0.15) is 24.0 Å². The third-order valence-corrected chi connectivity index (χ3v) is 7.43. The molecule has 0 bridgehead atoms. The SMILES string of the molecule is O=C(NCc1ccccc1F)C1CCCN(S(=O)(=O)Cc2c(Cl)cccc2Cl)C1. The van der Waals surface area contributed by atoms with Gasteiger partial charge in [0.15, 0.2) is 0 Å². The molecule has 0 aromatic heterocycles. The molecule has 0 aliphatic carbocycles. The van der Waals surface area contributed by atoms with Crippen LogP contribution >= 0.6 is 23.2 Å². The summed E-state index contributed by atoms with van der Waals surface area (Å²) in [6, 6.07) is 11.0. The Kier molecular flexibility index (Phi) is 7.16. The lowest BCUT2D eigenvalue weighted by atomic mass is 9.98. The molecule has 29 heavy (non-hydrogen) atoms. The van der Waals surface area contributed by atoms with Crippen molar-refractivity contribution in [3.63, 3.8) is 0 Å². The number of hydrogen-bond acceptors (Lipinski definition) is 3. The summed E-state index contributed by atoms with van der Waals surface area (Å²) in [4.78, 5) is 12.5. The van der Waals surface area contributed by atoms with Crippen LogP contribution < -0.4 is 5.32 Å². The lowest BCUT2D eigenvalue weighted by molar-refractivity contribution is -0.126. The van der Waals surface area contributed by atoms with Gasteiger partial charge in [0.25, 0.3) is 0 Å². The predicted octanol–water partition coefficient (Wildman–Crippen LogP) is 3.99. The second kappa shape index (κ2) is 9.43. The molecule has 1 aliphatic rings. The molecule has 2 aromatic rings. The van der Waals surface area contributed by atoms with Crippen molar-refractivity contribution in [3.8, 4) is 0 Å². The maximum Gasteiger partial charge on any atom is 0.224 e. The van der Waals surface area contributed by atoms with Crippen LogP contribution in [0, 0.1) is 11.7 Å². The molecular weight excluding hydrogens is 438 g/mol. The molecule has 0 radical (unpaired) electrons. The molecule has 156 valence electrons. The van der Waals surface area contributed by atoms with Crippen LogP contribution in [0.2, 0.25) is 10.0 Å². The number of nitrogens with one attached hydrogen (secondary N) is 1. The number of carbonyl (C=O) groups excluding carboxylic acids is 1. The van der Waals surface area contributed by atoms with E-state index in [-0.39, 0.29) is 34.8 Å². The molecule has 1 heterocycles. The first-order valence-corrected chi connectivity index (χ1v) is 11.6. The maximum absolute atomic E-state index is 13.7. The van der Waals surface area contributed by atoms with Crippen LogP contribution in [0.15, 0.2) is 42.5 Å². The van der Waals surface area contributed by atoms with E-state index in [9.17, 15) is 17.6 Å². The number of sulfonamides is 1. The zero-order chi connectivity index (χ0) is 21.0. The van der Waals surface area contributed by atoms with Gasteiger partial charge in [-0.05, 0) is 31.0 Å². The Bertz CT molecular complexity index is 981. The summed E-state index contributed by atoms with van der Waals surface area (Å²) < 4.78 is 40.8. The normalized spacial score (nSPS) is 17.8. The van der Waals surface area contributed by atoms with Crippen LogP contribution in [0.3, 0.4) is 0 Å². The lowest BCUT2D eigenvalue weighted by Crippen LogP contribution is -2.45. The van der Waals surface area contributed by atoms with Crippen molar-refractivity contribution in [2.24, 2.45) is 5.92 Å². The molecule has 0 saturated carbocycles. The van der Waals surface area contributed by atoms with E-state index in [1.165, 1.54) is 10.4 Å². The lowest BCUT2D eigenvalue weighted by Gasteiger charge is -2.31. The highest BCUT2D eigenvalue weighted by atomic mass is 35.5. The predicted molar refractivity (Wildman–Crippen MR) is 112 cm³/mol. The van der Waals surface area contributed by atoms with Gasteiger partial charge in [-0.2, -0.15) is 0 Å². The number of piperidine rings is 1. The zero-order valence-electron chi connectivity index (χ0n) is 15.6. The fourth-order valence-electron chi connectivity index (χ4n) is 3.32. The molecule has 1 fully saturated rings. The van der Waals surface area contributed by atoms with E-state index in [0.717, 1.165) is 0 Å². The van der Waals surface area contributed by atoms with Gasteiger partial charge < -0.3 is 5.32 Å². The molecule has 1 unspecified atom stereocenters. The quantitative estimate of drug-likeness (QED) is 0.711. The highest BCUT2D eigenvalue weighted by molar-refractivity contribution is 7.88. The van der Waals surface area contributed by atoms with Crippen molar-refractivity contribution in [3.05, 3.63) is 69.5 Å². The van der Waals surface area contributed by atoms with Gasteiger partial charge in [-0.15, -0.1) is 0 Å². The minimum absolute atomic E-state index is 0.0595. The molecule has 3 rings (SSSR count). The van der Waals surface area contributed by atoms with E-state index in [1.807, 2.05) is 0 Å². The maximum atomic E-state index is 13.7. The zero-order valence-corrected chi connectivity index (χ0v) is 17.9. The standard InChI is InChI=1S/C20H21Cl2FN2O3S/c21-17-7-3-8-18(22)16(17)13-29(27,28)25-10-4-6-15(12-25)20(26)24-11-14-5-1-2-9-19(14)23/h1-3,5,7-9,15H,4,6,10-13H2,(H,24,26). The van der Waals surface area contributed by atoms with Gasteiger partial charge in [0.1, 0.15) is 5.82 Å². The molecule has 1 amide bonds. The molecule has 9 heteroatoms. The Balaban J connectivity index is 1.65. The number of benzene rings is 2. The van der Waals surface area contributed by atoms with Crippen LogP contribution in [0.4, 0.5) is 4.39 Å². The van der Waals surface area contributed by atoms with Crippen molar-refractivity contribution < 1.29 is 17.6 Å². The summed E-state index contributed by atoms with van der Waals surface area (Å²) in [6.07, 6.45) is 1.13. The van der Waals surface area contributed by atoms with Gasteiger partial charge in [-0.3, -0.25) is 4.79 Å². The number of carbonyl (C=O) groups is 1. The average Bonchev–Trinajstić information content (AvgIpc) is 2.70. The largest absolute Gasteiger partial charge is 0.352 e. The Morgan fingerprint density at radius 2 is 1.83 bits per heavy atom. The first-order chi connectivity index (χ1) is 13.8. The second-order valence-electron chi connectivity index (χ2n) is 6.96. The van der Waals surface area contributed by atoms with Crippen LogP contribution in [0.5, 0.6) is 0 Å². The highest BCUT2D eigenvalue weighted by Crippen LogP contribution is 2.29. The van der Waals surface area contributed by atoms with E-state index < -0.39 is 21.8 Å². The number of rotatable bonds is 6. The summed E-state index contributed by atoms with van der Waals surface area (Å²) in [6.45, 7) is 0.471. The summed E-state index contributed by atoms with van der Waals surface area (Å²) >= 11 is 12.2. The van der Waals surface area contributed by atoms with E-state index in [2.05, 4.69) is 5.32 Å². The Morgan fingerprint density at radius 1 is 1.14 bits per heavy atom.